The van der Waals surface area contributed by atoms with Crippen molar-refractivity contribution in [2.24, 2.45) is 11.7 Å². The van der Waals surface area contributed by atoms with E-state index in [-0.39, 0.29) is 24.4 Å². The summed E-state index contributed by atoms with van der Waals surface area (Å²) < 4.78 is 60.5. The summed E-state index contributed by atoms with van der Waals surface area (Å²) >= 11 is 0. The van der Waals surface area contributed by atoms with Gasteiger partial charge < -0.3 is 15.2 Å². The van der Waals surface area contributed by atoms with Crippen LogP contribution in [-0.4, -0.2) is 31.3 Å². The summed E-state index contributed by atoms with van der Waals surface area (Å²) in [6.07, 6.45) is -3.53. The van der Waals surface area contributed by atoms with Crippen molar-refractivity contribution < 1.29 is 31.8 Å². The van der Waals surface area contributed by atoms with Crippen molar-refractivity contribution in [2.45, 2.75) is 45.0 Å². The third kappa shape index (κ3) is 8.67. The molecule has 1 aliphatic heterocycles. The smallest absolute Gasteiger partial charge is 0.416 e. The van der Waals surface area contributed by atoms with E-state index in [2.05, 4.69) is 0 Å². The molecule has 0 saturated carbocycles. The number of carbonyl (C=O) groups is 1. The maximum absolute atomic E-state index is 12.6. The minimum Gasteiger partial charge on any atom is -0.461 e. The van der Waals surface area contributed by atoms with Crippen LogP contribution in [0.4, 0.5) is 17.6 Å². The lowest BCUT2D eigenvalue weighted by atomic mass is 9.94. The first-order valence-electron chi connectivity index (χ1n) is 9.96. The number of rotatable bonds is 2. The highest BCUT2D eigenvalue weighted by atomic mass is 19.4. The van der Waals surface area contributed by atoms with Crippen LogP contribution in [0, 0.1) is 18.7 Å². The van der Waals surface area contributed by atoms with Crippen LogP contribution in [0.2, 0.25) is 0 Å². The topological polar surface area (TPSA) is 61.5 Å². The molecular weight excluding hydrogens is 414 g/mol. The fourth-order valence-electron chi connectivity index (χ4n) is 3.14. The Morgan fingerprint density at radius 3 is 2.19 bits per heavy atom. The average molecular weight is 441 g/mol. The number of cyclic esters (lactones) is 1. The third-order valence-electron chi connectivity index (χ3n) is 4.75. The Kier molecular flexibility index (Phi) is 9.00. The van der Waals surface area contributed by atoms with Gasteiger partial charge in [-0.15, -0.1) is 0 Å². The number of benzene rings is 2. The van der Waals surface area contributed by atoms with Crippen LogP contribution >= 0.6 is 0 Å². The van der Waals surface area contributed by atoms with E-state index in [1.54, 1.807) is 19.1 Å². The van der Waals surface area contributed by atoms with Gasteiger partial charge in [0.2, 0.25) is 0 Å². The van der Waals surface area contributed by atoms with Gasteiger partial charge in [0.25, 0.3) is 0 Å². The molecule has 1 heterocycles. The number of hydrogen-bond donors (Lipinski definition) is 1. The van der Waals surface area contributed by atoms with Gasteiger partial charge in [-0.25, -0.2) is 4.39 Å². The van der Waals surface area contributed by atoms with E-state index in [4.69, 9.17) is 15.2 Å². The number of alkyl halides is 3. The van der Waals surface area contributed by atoms with Crippen LogP contribution in [0.25, 0.3) is 0 Å². The highest BCUT2D eigenvalue weighted by molar-refractivity contribution is 5.75. The molecule has 1 saturated heterocycles. The number of carbonyl (C=O) groups excluding carboxylic acids is 1. The molecule has 8 heteroatoms. The zero-order chi connectivity index (χ0) is 23.0. The summed E-state index contributed by atoms with van der Waals surface area (Å²) in [5.74, 6) is -0.622. The van der Waals surface area contributed by atoms with Gasteiger partial charge in [0.05, 0.1) is 18.3 Å². The first kappa shape index (κ1) is 24.8. The van der Waals surface area contributed by atoms with Crippen LogP contribution in [0.1, 0.15) is 30.0 Å². The molecule has 0 aromatic heterocycles. The number of ether oxygens (including phenoxy) is 2. The van der Waals surface area contributed by atoms with E-state index in [0.29, 0.717) is 19.4 Å². The lowest BCUT2D eigenvalue weighted by Crippen LogP contribution is -2.37. The molecule has 0 bridgehead atoms. The summed E-state index contributed by atoms with van der Waals surface area (Å²) in [4.78, 5) is 11.6. The lowest BCUT2D eigenvalue weighted by molar-refractivity contribution is -0.150. The van der Waals surface area contributed by atoms with Gasteiger partial charge in [0.15, 0.2) is 0 Å². The number of nitrogens with two attached hydrogens (primary N) is 1. The Hall–Kier alpha value is -2.45. The molecule has 0 radical (unpaired) electrons. The summed E-state index contributed by atoms with van der Waals surface area (Å²) in [6.45, 7) is 4.17. The Morgan fingerprint density at radius 2 is 1.65 bits per heavy atom. The molecule has 4 nitrogen and oxygen atoms in total. The Labute approximate surface area is 179 Å². The second kappa shape index (κ2) is 11.2. The molecule has 2 aromatic carbocycles. The molecule has 0 spiro atoms. The summed E-state index contributed by atoms with van der Waals surface area (Å²) in [7, 11) is 0. The fourth-order valence-corrected chi connectivity index (χ4v) is 3.14. The van der Waals surface area contributed by atoms with Crippen LogP contribution in [-0.2, 0) is 26.9 Å². The Morgan fingerprint density at radius 1 is 1.03 bits per heavy atom. The van der Waals surface area contributed by atoms with Crippen molar-refractivity contribution in [1.29, 1.82) is 0 Å². The van der Waals surface area contributed by atoms with Crippen LogP contribution in [0.5, 0.6) is 0 Å². The molecule has 0 aliphatic carbocycles. The molecular formula is C23H27F4NO3. The predicted octanol–water partition coefficient (Wildman–Crippen LogP) is 4.68. The monoisotopic (exact) mass is 441 g/mol. The number of esters is 1. The molecule has 2 aromatic rings. The fraction of sp³-hybridized carbons (Fsp3) is 0.435. The van der Waals surface area contributed by atoms with Crippen LogP contribution < -0.4 is 5.73 Å². The van der Waals surface area contributed by atoms with Crippen LogP contribution in [0.3, 0.4) is 0 Å². The summed E-state index contributed by atoms with van der Waals surface area (Å²) in [5.41, 5.74) is 6.84. The number of aryl methyl sites for hydroxylation is 1. The SMILES string of the molecule is CC1CC(Cc2ccc(C(F)(F)F)cc2)COC[C@H](N)C(=O)O1.Cc1ccc(F)cc1. The third-order valence-corrected chi connectivity index (χ3v) is 4.75. The van der Waals surface area contributed by atoms with Crippen molar-refractivity contribution in [1.82, 2.24) is 0 Å². The highest BCUT2D eigenvalue weighted by Gasteiger charge is 2.30. The molecule has 2 N–H and O–H groups in total. The first-order chi connectivity index (χ1) is 14.5. The molecule has 3 rings (SSSR count). The van der Waals surface area contributed by atoms with E-state index in [9.17, 15) is 22.4 Å². The zero-order valence-corrected chi connectivity index (χ0v) is 17.5. The standard InChI is InChI=1S/C16H20F3NO3.C7H7F/c1-10-6-12(8-22-9-14(20)15(21)23-10)7-11-2-4-13(5-3-11)16(17,18)19;1-6-2-4-7(8)5-3-6/h2-5,10,12,14H,6-9,20H2,1H3;2-5H,1H3/t10?,12?,14-;/m0./s1. The first-order valence-corrected chi connectivity index (χ1v) is 9.96. The van der Waals surface area contributed by atoms with E-state index in [1.807, 2.05) is 6.92 Å². The molecule has 0 amide bonds. The second-order valence-corrected chi connectivity index (χ2v) is 7.69. The summed E-state index contributed by atoms with van der Waals surface area (Å²) in [6, 6.07) is 10.7. The molecule has 1 aliphatic rings. The summed E-state index contributed by atoms with van der Waals surface area (Å²) in [5, 5.41) is 0. The molecule has 170 valence electrons. The minimum atomic E-state index is -4.33. The van der Waals surface area contributed by atoms with Gasteiger partial charge in [0.1, 0.15) is 11.9 Å². The largest absolute Gasteiger partial charge is 0.461 e. The normalized spacial score (nSPS) is 22.3. The van der Waals surface area contributed by atoms with Gasteiger partial charge in [-0.05, 0) is 62.4 Å². The van der Waals surface area contributed by atoms with Gasteiger partial charge >= 0.3 is 12.1 Å². The lowest BCUT2D eigenvalue weighted by Gasteiger charge is -2.19. The van der Waals surface area contributed by atoms with E-state index in [0.717, 1.165) is 23.3 Å². The Bertz CT molecular complexity index is 801. The minimum absolute atomic E-state index is 0.0415. The number of halogens is 4. The zero-order valence-electron chi connectivity index (χ0n) is 17.5. The van der Waals surface area contributed by atoms with E-state index in [1.165, 1.54) is 24.3 Å². The van der Waals surface area contributed by atoms with Gasteiger partial charge in [0, 0.05) is 6.61 Å². The molecule has 3 atom stereocenters. The van der Waals surface area contributed by atoms with Crippen molar-refractivity contribution in [3.8, 4) is 0 Å². The van der Waals surface area contributed by atoms with Gasteiger partial charge in [-0.2, -0.15) is 13.2 Å². The van der Waals surface area contributed by atoms with Crippen molar-refractivity contribution >= 4 is 5.97 Å². The maximum Gasteiger partial charge on any atom is 0.416 e. The molecule has 2 unspecified atom stereocenters. The average Bonchev–Trinajstić information content (AvgIpc) is 2.75. The van der Waals surface area contributed by atoms with E-state index < -0.39 is 23.8 Å². The number of hydrogen-bond acceptors (Lipinski definition) is 4. The van der Waals surface area contributed by atoms with Gasteiger partial charge in [-0.1, -0.05) is 29.8 Å². The highest BCUT2D eigenvalue weighted by Crippen LogP contribution is 2.29. The predicted molar refractivity (Wildman–Crippen MR) is 109 cm³/mol. The van der Waals surface area contributed by atoms with E-state index >= 15 is 0 Å². The van der Waals surface area contributed by atoms with Crippen molar-refractivity contribution in [3.63, 3.8) is 0 Å². The van der Waals surface area contributed by atoms with Gasteiger partial charge in [-0.3, -0.25) is 4.79 Å². The maximum atomic E-state index is 12.6. The molecule has 1 fully saturated rings. The quantitative estimate of drug-likeness (QED) is 0.543. The van der Waals surface area contributed by atoms with Crippen molar-refractivity contribution in [3.05, 3.63) is 71.0 Å². The van der Waals surface area contributed by atoms with Crippen molar-refractivity contribution in [2.75, 3.05) is 13.2 Å². The Balaban J connectivity index is 0.000000357. The molecule has 31 heavy (non-hydrogen) atoms. The second-order valence-electron chi connectivity index (χ2n) is 7.69. The van der Waals surface area contributed by atoms with Crippen LogP contribution in [0.15, 0.2) is 48.5 Å².